The van der Waals surface area contributed by atoms with E-state index in [0.717, 1.165) is 33.7 Å². The van der Waals surface area contributed by atoms with Gasteiger partial charge in [-0.3, -0.25) is 4.79 Å². The lowest BCUT2D eigenvalue weighted by Crippen LogP contribution is -2.10. The summed E-state index contributed by atoms with van der Waals surface area (Å²) < 4.78 is 5.97. The summed E-state index contributed by atoms with van der Waals surface area (Å²) in [7, 11) is 0. The molecule has 1 N–H and O–H groups in total. The molecule has 2 aromatic carbocycles. The third kappa shape index (κ3) is 4.14. The maximum Gasteiger partial charge on any atom is 0.265 e. The van der Waals surface area contributed by atoms with Gasteiger partial charge < -0.3 is 10.1 Å². The summed E-state index contributed by atoms with van der Waals surface area (Å²) in [6.45, 7) is 8.64. The maximum absolute atomic E-state index is 12.5. The molecule has 0 saturated heterocycles. The van der Waals surface area contributed by atoms with Gasteiger partial charge in [-0.25, -0.2) is 0 Å². The van der Waals surface area contributed by atoms with Crippen molar-refractivity contribution in [1.29, 1.82) is 0 Å². The van der Waals surface area contributed by atoms with Crippen molar-refractivity contribution < 1.29 is 9.53 Å². The number of para-hydroxylation sites is 1. The lowest BCUT2D eigenvalue weighted by Gasteiger charge is -2.11. The van der Waals surface area contributed by atoms with Gasteiger partial charge in [0.25, 0.3) is 5.91 Å². The molecule has 0 radical (unpaired) electrons. The Labute approximate surface area is 158 Å². The first-order chi connectivity index (χ1) is 12.4. The highest BCUT2D eigenvalue weighted by atomic mass is 32.1. The molecule has 134 valence electrons. The van der Waals surface area contributed by atoms with Crippen molar-refractivity contribution in [3.8, 4) is 5.75 Å². The van der Waals surface area contributed by atoms with Gasteiger partial charge in [0.05, 0.1) is 4.88 Å². The highest BCUT2D eigenvalue weighted by Gasteiger charge is 2.11. The molecule has 0 fully saturated rings. The molecule has 0 aliphatic heterocycles. The number of anilines is 1. The average Bonchev–Trinajstić information content (AvgIpc) is 3.07. The van der Waals surface area contributed by atoms with E-state index in [0.29, 0.717) is 11.5 Å². The first kappa shape index (κ1) is 18.2. The third-order valence-electron chi connectivity index (χ3n) is 4.43. The van der Waals surface area contributed by atoms with E-state index in [1.165, 1.54) is 16.9 Å². The van der Waals surface area contributed by atoms with Crippen LogP contribution in [-0.2, 0) is 6.61 Å². The number of ether oxygens (including phenoxy) is 1. The predicted molar refractivity (Wildman–Crippen MR) is 108 cm³/mol. The Morgan fingerprint density at radius 3 is 2.38 bits per heavy atom. The van der Waals surface area contributed by atoms with Crippen LogP contribution in [0, 0.1) is 27.7 Å². The van der Waals surface area contributed by atoms with Gasteiger partial charge in [-0.1, -0.05) is 24.3 Å². The van der Waals surface area contributed by atoms with E-state index in [1.54, 1.807) is 0 Å². The van der Waals surface area contributed by atoms with Gasteiger partial charge in [-0.15, -0.1) is 11.3 Å². The van der Waals surface area contributed by atoms with E-state index >= 15 is 0 Å². The zero-order valence-electron chi connectivity index (χ0n) is 15.6. The van der Waals surface area contributed by atoms with Crippen LogP contribution in [0.3, 0.4) is 0 Å². The molecule has 3 aromatic rings. The minimum Gasteiger partial charge on any atom is -0.488 e. The molecular weight excluding hydrogens is 342 g/mol. The van der Waals surface area contributed by atoms with Crippen LogP contribution in [0.4, 0.5) is 5.69 Å². The highest BCUT2D eigenvalue weighted by Crippen LogP contribution is 2.25. The van der Waals surface area contributed by atoms with Crippen LogP contribution >= 0.6 is 11.3 Å². The molecular formula is C22H23NO2S. The number of benzene rings is 2. The fraction of sp³-hybridized carbons (Fsp3) is 0.227. The number of carbonyl (C=O) groups is 1. The minimum atomic E-state index is -0.0865. The Bertz CT molecular complexity index is 923. The summed E-state index contributed by atoms with van der Waals surface area (Å²) in [5.41, 5.74) is 6.44. The Morgan fingerprint density at radius 1 is 0.962 bits per heavy atom. The fourth-order valence-electron chi connectivity index (χ4n) is 2.76. The van der Waals surface area contributed by atoms with Gasteiger partial charge >= 0.3 is 0 Å². The van der Waals surface area contributed by atoms with Gasteiger partial charge in [0.2, 0.25) is 0 Å². The molecule has 4 heteroatoms. The number of thiophene rings is 1. The highest BCUT2D eigenvalue weighted by molar-refractivity contribution is 7.12. The van der Waals surface area contributed by atoms with E-state index < -0.39 is 0 Å². The standard InChI is InChI=1S/C22H23NO2S/c1-14-8-9-19(10-17(14)4)23-22(24)20-11-18(13-26-20)12-25-21-15(2)6-5-7-16(21)3/h5-11,13H,12H2,1-4H3,(H,23,24). The second kappa shape index (κ2) is 7.75. The summed E-state index contributed by atoms with van der Waals surface area (Å²) in [5, 5.41) is 4.94. The second-order valence-electron chi connectivity index (χ2n) is 6.58. The van der Waals surface area contributed by atoms with Crippen LogP contribution in [-0.4, -0.2) is 5.91 Å². The smallest absolute Gasteiger partial charge is 0.265 e. The van der Waals surface area contributed by atoms with Crippen LogP contribution in [0.25, 0.3) is 0 Å². The molecule has 3 rings (SSSR count). The topological polar surface area (TPSA) is 38.3 Å². The molecule has 1 aromatic heterocycles. The lowest BCUT2D eigenvalue weighted by molar-refractivity contribution is 0.103. The van der Waals surface area contributed by atoms with E-state index in [4.69, 9.17) is 4.74 Å². The molecule has 3 nitrogen and oxygen atoms in total. The Hall–Kier alpha value is -2.59. The third-order valence-corrected chi connectivity index (χ3v) is 5.41. The van der Waals surface area contributed by atoms with Gasteiger partial charge in [0.15, 0.2) is 0 Å². The molecule has 1 heterocycles. The normalized spacial score (nSPS) is 10.6. The molecule has 0 unspecified atom stereocenters. The molecule has 0 bridgehead atoms. The minimum absolute atomic E-state index is 0.0865. The number of amides is 1. The number of hydrogen-bond donors (Lipinski definition) is 1. The molecule has 26 heavy (non-hydrogen) atoms. The monoisotopic (exact) mass is 365 g/mol. The summed E-state index contributed by atoms with van der Waals surface area (Å²) in [4.78, 5) is 13.1. The van der Waals surface area contributed by atoms with Crippen LogP contribution in [0.2, 0.25) is 0 Å². The van der Waals surface area contributed by atoms with E-state index in [9.17, 15) is 4.79 Å². The van der Waals surface area contributed by atoms with Crippen molar-refractivity contribution >= 4 is 22.9 Å². The van der Waals surface area contributed by atoms with E-state index in [1.807, 2.05) is 68.6 Å². The Morgan fingerprint density at radius 2 is 1.69 bits per heavy atom. The van der Waals surface area contributed by atoms with Crippen LogP contribution in [0.5, 0.6) is 5.75 Å². The Kier molecular flexibility index (Phi) is 5.43. The zero-order valence-corrected chi connectivity index (χ0v) is 16.4. The second-order valence-corrected chi connectivity index (χ2v) is 7.49. The van der Waals surface area contributed by atoms with Gasteiger partial charge in [-0.05, 0) is 73.5 Å². The largest absolute Gasteiger partial charge is 0.488 e. The van der Waals surface area contributed by atoms with E-state index in [-0.39, 0.29) is 5.91 Å². The first-order valence-electron chi connectivity index (χ1n) is 8.59. The lowest BCUT2D eigenvalue weighted by atomic mass is 10.1. The molecule has 0 spiro atoms. The Balaban J connectivity index is 1.65. The van der Waals surface area contributed by atoms with Crippen LogP contribution < -0.4 is 10.1 Å². The fourth-order valence-corrected chi connectivity index (χ4v) is 3.56. The van der Waals surface area contributed by atoms with Crippen LogP contribution in [0.15, 0.2) is 47.8 Å². The summed E-state index contributed by atoms with van der Waals surface area (Å²) in [6.07, 6.45) is 0. The molecule has 0 aliphatic carbocycles. The van der Waals surface area contributed by atoms with Gasteiger partial charge in [0, 0.05) is 11.3 Å². The van der Waals surface area contributed by atoms with Crippen molar-refractivity contribution in [1.82, 2.24) is 0 Å². The predicted octanol–water partition coefficient (Wildman–Crippen LogP) is 5.81. The number of hydrogen-bond acceptors (Lipinski definition) is 3. The van der Waals surface area contributed by atoms with Gasteiger partial charge in [0.1, 0.15) is 12.4 Å². The van der Waals surface area contributed by atoms with Crippen molar-refractivity contribution in [2.45, 2.75) is 34.3 Å². The summed E-state index contributed by atoms with van der Waals surface area (Å²) in [5.74, 6) is 0.830. The van der Waals surface area contributed by atoms with Crippen LogP contribution in [0.1, 0.15) is 37.5 Å². The number of rotatable bonds is 5. The van der Waals surface area contributed by atoms with Gasteiger partial charge in [-0.2, -0.15) is 0 Å². The number of aryl methyl sites for hydroxylation is 4. The van der Waals surface area contributed by atoms with Crippen molar-refractivity contribution in [3.63, 3.8) is 0 Å². The molecule has 1 amide bonds. The first-order valence-corrected chi connectivity index (χ1v) is 9.47. The number of nitrogens with one attached hydrogen (secondary N) is 1. The molecule has 0 atom stereocenters. The SMILES string of the molecule is Cc1ccc(NC(=O)c2cc(COc3c(C)cccc3C)cs2)cc1C. The number of carbonyl (C=O) groups excluding carboxylic acids is 1. The summed E-state index contributed by atoms with van der Waals surface area (Å²) >= 11 is 1.44. The zero-order chi connectivity index (χ0) is 18.7. The van der Waals surface area contributed by atoms with Crippen molar-refractivity contribution in [3.05, 3.63) is 80.5 Å². The molecule has 0 saturated carbocycles. The maximum atomic E-state index is 12.5. The average molecular weight is 365 g/mol. The summed E-state index contributed by atoms with van der Waals surface area (Å²) in [6, 6.07) is 13.9. The quantitative estimate of drug-likeness (QED) is 0.619. The van der Waals surface area contributed by atoms with Crippen molar-refractivity contribution in [2.24, 2.45) is 0 Å². The van der Waals surface area contributed by atoms with E-state index in [2.05, 4.69) is 12.2 Å². The van der Waals surface area contributed by atoms with Crippen molar-refractivity contribution in [2.75, 3.05) is 5.32 Å². The molecule has 0 aliphatic rings.